The van der Waals surface area contributed by atoms with Crippen LogP contribution in [0.4, 0.5) is 10.1 Å². The zero-order valence-corrected chi connectivity index (χ0v) is 19.2. The fourth-order valence-corrected chi connectivity index (χ4v) is 6.33. The summed E-state index contributed by atoms with van der Waals surface area (Å²) in [6.07, 6.45) is 8.55. The summed E-state index contributed by atoms with van der Waals surface area (Å²) in [5.41, 5.74) is 3.13. The van der Waals surface area contributed by atoms with Gasteiger partial charge in [0.1, 0.15) is 11.4 Å². The molecule has 2 aliphatic heterocycles. The zero-order chi connectivity index (χ0) is 23.3. The third-order valence-electron chi connectivity index (χ3n) is 8.04. The molecule has 0 bridgehead atoms. The third kappa shape index (κ3) is 3.20. The van der Waals surface area contributed by atoms with Crippen molar-refractivity contribution >= 4 is 22.4 Å². The Morgan fingerprint density at radius 2 is 1.76 bits per heavy atom. The standard InChI is InChI=1S/C29H28FN3O/c1-2-3-16-32-20-33(24-12-10-23(30)11-13-24)29(28(32)34)14-17-31(18-15-29)26-19-22-8-4-6-21-7-5-9-25(26)27(21)22/h1,4-13,26H,3,14-20H2/t26-/m0/s1. The number of piperidine rings is 1. The van der Waals surface area contributed by atoms with Crippen molar-refractivity contribution in [3.8, 4) is 12.3 Å². The molecule has 2 saturated heterocycles. The molecule has 3 aromatic carbocycles. The van der Waals surface area contributed by atoms with Gasteiger partial charge in [0.15, 0.2) is 0 Å². The van der Waals surface area contributed by atoms with Gasteiger partial charge in [-0.2, -0.15) is 0 Å². The van der Waals surface area contributed by atoms with Crippen LogP contribution in [-0.2, 0) is 11.2 Å². The van der Waals surface area contributed by atoms with Gasteiger partial charge in [0.2, 0.25) is 5.91 Å². The van der Waals surface area contributed by atoms with E-state index in [4.69, 9.17) is 6.42 Å². The van der Waals surface area contributed by atoms with Crippen molar-refractivity contribution < 1.29 is 9.18 Å². The number of anilines is 1. The van der Waals surface area contributed by atoms with Crippen LogP contribution in [0.5, 0.6) is 0 Å². The third-order valence-corrected chi connectivity index (χ3v) is 8.04. The van der Waals surface area contributed by atoms with Crippen LogP contribution in [0.1, 0.15) is 36.4 Å². The number of halogens is 1. The van der Waals surface area contributed by atoms with E-state index in [9.17, 15) is 9.18 Å². The molecular weight excluding hydrogens is 425 g/mol. The number of hydrogen-bond acceptors (Lipinski definition) is 3. The summed E-state index contributed by atoms with van der Waals surface area (Å²) in [5, 5.41) is 2.71. The Morgan fingerprint density at radius 1 is 1.03 bits per heavy atom. The molecule has 5 heteroatoms. The smallest absolute Gasteiger partial charge is 0.250 e. The van der Waals surface area contributed by atoms with Gasteiger partial charge in [0, 0.05) is 37.8 Å². The molecule has 4 nitrogen and oxygen atoms in total. The van der Waals surface area contributed by atoms with E-state index in [-0.39, 0.29) is 11.7 Å². The largest absolute Gasteiger partial charge is 0.339 e. The number of benzene rings is 3. The number of carbonyl (C=O) groups excluding carboxylic acids is 1. The molecule has 34 heavy (non-hydrogen) atoms. The number of nitrogens with zero attached hydrogens (tertiary/aromatic N) is 3. The molecular formula is C29H28FN3O. The van der Waals surface area contributed by atoms with Gasteiger partial charge in [0.05, 0.1) is 6.67 Å². The van der Waals surface area contributed by atoms with Gasteiger partial charge in [-0.3, -0.25) is 9.69 Å². The molecule has 1 amide bonds. The van der Waals surface area contributed by atoms with Crippen molar-refractivity contribution in [2.24, 2.45) is 0 Å². The monoisotopic (exact) mass is 453 g/mol. The second-order valence-corrected chi connectivity index (χ2v) is 9.72. The first-order valence-electron chi connectivity index (χ1n) is 12.1. The molecule has 0 unspecified atom stereocenters. The highest BCUT2D eigenvalue weighted by atomic mass is 19.1. The summed E-state index contributed by atoms with van der Waals surface area (Å²) in [6.45, 7) is 2.75. The van der Waals surface area contributed by atoms with E-state index in [1.165, 1.54) is 34.0 Å². The number of hydrogen-bond donors (Lipinski definition) is 0. The van der Waals surface area contributed by atoms with Crippen molar-refractivity contribution in [1.82, 2.24) is 9.80 Å². The number of carbonyl (C=O) groups is 1. The number of terminal acetylenes is 1. The Kier molecular flexibility index (Phi) is 5.08. The van der Waals surface area contributed by atoms with Gasteiger partial charge in [-0.25, -0.2) is 4.39 Å². The molecule has 3 aliphatic rings. The first kappa shape index (κ1) is 21.2. The summed E-state index contributed by atoms with van der Waals surface area (Å²) in [5.74, 6) is 2.55. The summed E-state index contributed by atoms with van der Waals surface area (Å²) in [7, 11) is 0. The van der Waals surface area contributed by atoms with E-state index in [1.54, 1.807) is 12.1 Å². The van der Waals surface area contributed by atoms with Crippen LogP contribution in [-0.4, -0.2) is 47.5 Å². The predicted molar refractivity (Wildman–Crippen MR) is 133 cm³/mol. The van der Waals surface area contributed by atoms with Gasteiger partial charge >= 0.3 is 0 Å². The summed E-state index contributed by atoms with van der Waals surface area (Å²) in [4.78, 5) is 20.3. The first-order valence-corrected chi connectivity index (χ1v) is 12.1. The number of likely N-dealkylation sites (tertiary alicyclic amines) is 1. The van der Waals surface area contributed by atoms with Crippen LogP contribution < -0.4 is 4.90 Å². The lowest BCUT2D eigenvalue weighted by Gasteiger charge is -2.45. The summed E-state index contributed by atoms with van der Waals surface area (Å²) < 4.78 is 13.6. The van der Waals surface area contributed by atoms with Gasteiger partial charge in [0.25, 0.3) is 0 Å². The van der Waals surface area contributed by atoms with Crippen molar-refractivity contribution in [1.29, 1.82) is 0 Å². The fraction of sp³-hybridized carbons (Fsp3) is 0.345. The maximum absolute atomic E-state index is 13.7. The van der Waals surface area contributed by atoms with Crippen LogP contribution >= 0.6 is 0 Å². The molecule has 3 aromatic rings. The Morgan fingerprint density at radius 3 is 2.50 bits per heavy atom. The van der Waals surface area contributed by atoms with E-state index in [0.717, 1.165) is 38.0 Å². The number of rotatable bonds is 4. The van der Waals surface area contributed by atoms with Gasteiger partial charge in [-0.15, -0.1) is 12.3 Å². The van der Waals surface area contributed by atoms with E-state index >= 15 is 0 Å². The predicted octanol–water partition coefficient (Wildman–Crippen LogP) is 4.74. The van der Waals surface area contributed by atoms with Crippen LogP contribution in [0.25, 0.3) is 10.8 Å². The van der Waals surface area contributed by atoms with Crippen molar-refractivity contribution in [3.63, 3.8) is 0 Å². The highest BCUT2D eigenvalue weighted by Crippen LogP contribution is 2.45. The average molecular weight is 454 g/mol. The molecule has 0 saturated carbocycles. The minimum atomic E-state index is -0.597. The van der Waals surface area contributed by atoms with E-state index < -0.39 is 5.54 Å². The molecule has 2 heterocycles. The molecule has 0 radical (unpaired) electrons. The van der Waals surface area contributed by atoms with Crippen molar-refractivity contribution in [2.45, 2.75) is 37.3 Å². The van der Waals surface area contributed by atoms with E-state index in [2.05, 4.69) is 52.1 Å². The van der Waals surface area contributed by atoms with E-state index in [1.807, 2.05) is 4.90 Å². The van der Waals surface area contributed by atoms with Crippen LogP contribution in [0.15, 0.2) is 60.7 Å². The highest BCUT2D eigenvalue weighted by molar-refractivity contribution is 5.94. The molecule has 0 aromatic heterocycles. The Balaban J connectivity index is 1.28. The molecule has 1 atom stereocenters. The van der Waals surface area contributed by atoms with Crippen LogP contribution in [0, 0.1) is 18.2 Å². The lowest BCUT2D eigenvalue weighted by Crippen LogP contribution is -2.57. The van der Waals surface area contributed by atoms with Crippen LogP contribution in [0.3, 0.4) is 0 Å². The SMILES string of the molecule is C#CCCN1CN(c2ccc(F)cc2)C2(CCN([C@H]3Cc4cccc5cccc3c45)CC2)C1=O. The quantitative estimate of drug-likeness (QED) is 0.534. The maximum Gasteiger partial charge on any atom is 0.250 e. The first-order chi connectivity index (χ1) is 16.6. The fourth-order valence-electron chi connectivity index (χ4n) is 6.33. The molecule has 6 rings (SSSR count). The number of amides is 1. The van der Waals surface area contributed by atoms with Crippen molar-refractivity contribution in [3.05, 3.63) is 77.6 Å². The second kappa shape index (κ2) is 8.14. The molecule has 1 aliphatic carbocycles. The van der Waals surface area contributed by atoms with Gasteiger partial charge in [-0.05, 0) is 65.4 Å². The second-order valence-electron chi connectivity index (χ2n) is 9.72. The minimum Gasteiger partial charge on any atom is -0.339 e. The molecule has 0 N–H and O–H groups in total. The lowest BCUT2D eigenvalue weighted by atomic mass is 9.84. The topological polar surface area (TPSA) is 26.8 Å². The molecule has 1 spiro atoms. The molecule has 172 valence electrons. The van der Waals surface area contributed by atoms with E-state index in [0.29, 0.717) is 25.7 Å². The van der Waals surface area contributed by atoms with Crippen molar-refractivity contribution in [2.75, 3.05) is 31.2 Å². The summed E-state index contributed by atoms with van der Waals surface area (Å²) in [6, 6.07) is 20.1. The Hall–Kier alpha value is -3.36. The normalized spacial score (nSPS) is 21.5. The zero-order valence-electron chi connectivity index (χ0n) is 19.2. The highest BCUT2D eigenvalue weighted by Gasteiger charge is 2.54. The summed E-state index contributed by atoms with van der Waals surface area (Å²) >= 11 is 0. The van der Waals surface area contributed by atoms with Gasteiger partial charge in [-0.1, -0.05) is 36.4 Å². The average Bonchev–Trinajstić information content (AvgIpc) is 3.37. The van der Waals surface area contributed by atoms with Crippen LogP contribution in [0.2, 0.25) is 0 Å². The Labute approximate surface area is 200 Å². The minimum absolute atomic E-state index is 0.156. The molecule has 2 fully saturated rings. The lowest BCUT2D eigenvalue weighted by molar-refractivity contribution is -0.133. The van der Waals surface area contributed by atoms with Gasteiger partial charge < -0.3 is 9.80 Å². The maximum atomic E-state index is 13.7. The Bertz CT molecular complexity index is 1280.